The van der Waals surface area contributed by atoms with Gasteiger partial charge in [-0.2, -0.15) is 0 Å². The van der Waals surface area contributed by atoms with Crippen LogP contribution in [-0.4, -0.2) is 9.52 Å². The van der Waals surface area contributed by atoms with Crippen LogP contribution in [-0.2, 0) is 28.7 Å². The van der Waals surface area contributed by atoms with Gasteiger partial charge >= 0.3 is 392 Å². The second-order valence-electron chi connectivity index (χ2n) is 17.3. The number of hydrogen-bond acceptors (Lipinski definition) is 0. The van der Waals surface area contributed by atoms with Crippen molar-refractivity contribution in [3.05, 3.63) is 233 Å². The molecule has 11 rings (SSSR count). The number of fused-ring (bicyclic) bond motifs is 5. The predicted octanol–water partition coefficient (Wildman–Crippen LogP) is 14.4. The second-order valence-corrected chi connectivity index (χ2v) is 39.7. The monoisotopic (exact) mass is 1010 g/mol. The third kappa shape index (κ3) is 6.73. The summed E-state index contributed by atoms with van der Waals surface area (Å²) in [5, 5.41) is 2.37. The first-order valence-electron chi connectivity index (χ1n) is 21.6. The van der Waals surface area contributed by atoms with Crippen LogP contribution in [0.15, 0.2) is 188 Å². The van der Waals surface area contributed by atoms with Crippen LogP contribution in [0.1, 0.15) is 51.8 Å². The van der Waals surface area contributed by atoms with Gasteiger partial charge in [-0.05, 0) is 0 Å². The van der Waals surface area contributed by atoms with Crippen molar-refractivity contribution < 1.29 is 42.7 Å². The Hall–Kier alpha value is -5.50. The Kier molecular flexibility index (Phi) is 10.3. The molecule has 1 aliphatic heterocycles. The van der Waals surface area contributed by atoms with E-state index in [1.165, 1.54) is 29.5 Å². The summed E-state index contributed by atoms with van der Waals surface area (Å²) < 4.78 is 88.8. The molecule has 325 valence electrons. The van der Waals surface area contributed by atoms with Gasteiger partial charge in [0.15, 0.2) is 0 Å². The van der Waals surface area contributed by atoms with Crippen LogP contribution in [0.2, 0.25) is 0 Å². The molecule has 0 bridgehead atoms. The van der Waals surface area contributed by atoms with Gasteiger partial charge in [0.2, 0.25) is 0 Å². The zero-order chi connectivity index (χ0) is 45.6. The van der Waals surface area contributed by atoms with Gasteiger partial charge in [0.25, 0.3) is 0 Å². The van der Waals surface area contributed by atoms with E-state index < -0.39 is 56.6 Å². The first-order chi connectivity index (χ1) is 31.7. The summed E-state index contributed by atoms with van der Waals surface area (Å²) in [4.78, 5) is 0. The van der Waals surface area contributed by atoms with Crippen LogP contribution in [0.4, 0.5) is 26.3 Å². The predicted molar refractivity (Wildman–Crippen MR) is 259 cm³/mol. The van der Waals surface area contributed by atoms with E-state index in [1.807, 2.05) is 103 Å². The fourth-order valence-corrected chi connectivity index (χ4v) is 38.2. The molecule has 3 aliphatic rings. The Morgan fingerprint density at radius 1 is 0.394 bits per heavy atom. The second kappa shape index (κ2) is 15.8. The number of benzene rings is 8. The first-order valence-corrected chi connectivity index (χ1v) is 33.5. The molecule has 66 heavy (non-hydrogen) atoms. The van der Waals surface area contributed by atoms with E-state index in [4.69, 9.17) is 0 Å². The van der Waals surface area contributed by atoms with Crippen LogP contribution in [0, 0.1) is 0 Å². The fraction of sp³-hybridized carbons (Fsp3) is 0.0714. The molecular weight excluding hydrogens is 977 g/mol. The van der Waals surface area contributed by atoms with Crippen LogP contribution in [0.3, 0.4) is 0 Å². The zero-order valence-electron chi connectivity index (χ0n) is 34.9. The molecule has 0 amide bonds. The third-order valence-corrected chi connectivity index (χ3v) is 36.3. The van der Waals surface area contributed by atoms with Gasteiger partial charge in [0, 0.05) is 0 Å². The van der Waals surface area contributed by atoms with Crippen LogP contribution in [0.5, 0.6) is 0 Å². The summed E-state index contributed by atoms with van der Waals surface area (Å²) in [5.41, 5.74) is 7.40. The van der Waals surface area contributed by atoms with Gasteiger partial charge in [-0.1, -0.05) is 0 Å². The summed E-state index contributed by atoms with van der Waals surface area (Å²) >= 11 is -6.44. The van der Waals surface area contributed by atoms with Crippen molar-refractivity contribution in [3.63, 3.8) is 0 Å². The average molecular weight is 1010 g/mol. The molecule has 0 saturated carbocycles. The van der Waals surface area contributed by atoms with Crippen molar-refractivity contribution in [1.82, 2.24) is 0 Å². The standard InChI is InChI=1S/2C22H14F3.C12H9Si.2ClH.Zr/c2*23-22(24,25)21-12-5-4-10-19(21)18-11-6-9-16-13-17(14-20(16)18)15-7-2-1-3-8-15;1-3-7-11-9(5-1)10-6-2-4-8-12(10)13-11;;;/h2*1-14H;1-7H,13H2;2*1H;/q;;;;;+2/p-2. The Labute approximate surface area is 389 Å². The van der Waals surface area contributed by atoms with E-state index in [0.717, 1.165) is 54.0 Å². The van der Waals surface area contributed by atoms with E-state index in [9.17, 15) is 43.4 Å². The van der Waals surface area contributed by atoms with Crippen LogP contribution in [0.25, 0.3) is 56.7 Å². The van der Waals surface area contributed by atoms with E-state index in [2.05, 4.69) is 24.3 Å². The summed E-state index contributed by atoms with van der Waals surface area (Å²) in [6.45, 7) is 0. The van der Waals surface area contributed by atoms with Gasteiger partial charge in [0.05, 0.1) is 0 Å². The summed E-state index contributed by atoms with van der Waals surface area (Å²) in [6, 6.07) is 56.2. The molecular formula is C56H37Cl2F6SiZr. The van der Waals surface area contributed by atoms with E-state index >= 15 is 0 Å². The molecule has 2 unspecified atom stereocenters. The Morgan fingerprint density at radius 2 is 0.788 bits per heavy atom. The molecule has 2 atom stereocenters. The number of halogens is 8. The summed E-state index contributed by atoms with van der Waals surface area (Å²) in [7, 11) is 17.3. The van der Waals surface area contributed by atoms with Crippen LogP contribution >= 0.6 is 17.0 Å². The minimum atomic E-state index is -6.44. The molecule has 0 nitrogen and oxygen atoms in total. The maximum absolute atomic E-state index is 14.9. The molecule has 8 aromatic rings. The van der Waals surface area contributed by atoms with Gasteiger partial charge in [-0.15, -0.1) is 0 Å². The van der Waals surface area contributed by atoms with Crippen LogP contribution < -0.4 is 13.6 Å². The van der Waals surface area contributed by atoms with Gasteiger partial charge in [0.1, 0.15) is 0 Å². The van der Waals surface area contributed by atoms with E-state index in [-0.39, 0.29) is 11.1 Å². The first kappa shape index (κ1) is 43.1. The molecule has 0 aromatic heterocycles. The zero-order valence-corrected chi connectivity index (χ0v) is 40.3. The molecule has 10 heteroatoms. The topological polar surface area (TPSA) is 0 Å². The molecule has 0 N–H and O–H groups in total. The normalized spacial score (nSPS) is 17.3. The van der Waals surface area contributed by atoms with Gasteiger partial charge in [-0.3, -0.25) is 0 Å². The third-order valence-electron chi connectivity index (χ3n) is 13.8. The van der Waals surface area contributed by atoms with Gasteiger partial charge < -0.3 is 0 Å². The number of allylic oxidation sites excluding steroid dienone is 2. The van der Waals surface area contributed by atoms with Crippen molar-refractivity contribution in [2.75, 3.05) is 0 Å². The van der Waals surface area contributed by atoms with E-state index in [1.54, 1.807) is 36.4 Å². The molecule has 8 aromatic carbocycles. The molecule has 0 spiro atoms. The average Bonchev–Trinajstić information content (AvgIpc) is 4.05. The van der Waals surface area contributed by atoms with Crippen molar-refractivity contribution in [2.45, 2.75) is 19.6 Å². The summed E-state index contributed by atoms with van der Waals surface area (Å²) in [6.07, 6.45) is -5.30. The minimum absolute atomic E-state index is 0.0395. The fourth-order valence-electron chi connectivity index (χ4n) is 11.2. The molecule has 2 aliphatic carbocycles. The van der Waals surface area contributed by atoms with Crippen molar-refractivity contribution in [1.29, 1.82) is 0 Å². The number of hydrogen-bond donors (Lipinski definition) is 0. The molecule has 0 saturated heterocycles. The number of rotatable bonds is 7. The molecule has 0 radical (unpaired) electrons. The molecule has 0 fully saturated rings. The summed E-state index contributed by atoms with van der Waals surface area (Å²) in [5.74, 6) is 0. The van der Waals surface area contributed by atoms with Gasteiger partial charge in [-0.25, -0.2) is 0 Å². The maximum atomic E-state index is 14.9. The number of alkyl halides is 6. The Bertz CT molecular complexity index is 3150. The Balaban J connectivity index is 1.27. The SMILES string of the molecule is FC(F)(F)c1ccccc1-c1cccc2c1C=C(c1ccccc1)[CH]2[Zr]([Cl])([Cl])([c]1cccc2c1[SiH2]c1ccccc1-2)[CH]1C(c2ccccc2)=Cc2c(-c3ccccc3C(F)(F)F)cccc21. The van der Waals surface area contributed by atoms with E-state index in [0.29, 0.717) is 33.4 Å². The quantitative estimate of drug-likeness (QED) is 0.110. The van der Waals surface area contributed by atoms with Crippen molar-refractivity contribution in [2.24, 2.45) is 0 Å². The van der Waals surface area contributed by atoms with Crippen molar-refractivity contribution >= 4 is 63.5 Å². The van der Waals surface area contributed by atoms with Crippen molar-refractivity contribution in [3.8, 4) is 33.4 Å². The molecule has 1 heterocycles. The Morgan fingerprint density at radius 3 is 1.27 bits per heavy atom.